The standard InChI is InChI=1S/C21H16ClFN2O3S/c1-21(9-26)7-14-18(28-21)15(23)6-16-19(14)29-20(25-16)13-5-11(22)3-10-4-12(27-2)8-24-17(10)13/h3-6,8,26H,7,9H2,1-2H3. The predicted octanol–water partition coefficient (Wildman–Crippen LogP) is 5.00. The van der Waals surface area contributed by atoms with Crippen molar-refractivity contribution in [3.8, 4) is 22.1 Å². The van der Waals surface area contributed by atoms with Gasteiger partial charge in [-0.05, 0) is 25.1 Å². The Kier molecular flexibility index (Phi) is 4.17. The zero-order chi connectivity index (χ0) is 20.3. The van der Waals surface area contributed by atoms with Crippen molar-refractivity contribution in [1.29, 1.82) is 0 Å². The molecule has 1 aliphatic rings. The smallest absolute Gasteiger partial charge is 0.167 e. The van der Waals surface area contributed by atoms with Crippen molar-refractivity contribution in [2.24, 2.45) is 0 Å². The number of aliphatic hydroxyl groups is 1. The number of thiazole rings is 1. The van der Waals surface area contributed by atoms with E-state index in [1.54, 1.807) is 20.2 Å². The van der Waals surface area contributed by atoms with Crippen molar-refractivity contribution in [3.05, 3.63) is 46.9 Å². The zero-order valence-electron chi connectivity index (χ0n) is 15.6. The van der Waals surface area contributed by atoms with E-state index in [9.17, 15) is 9.50 Å². The Balaban J connectivity index is 1.73. The summed E-state index contributed by atoms with van der Waals surface area (Å²) in [4.78, 5) is 9.18. The largest absolute Gasteiger partial charge is 0.495 e. The van der Waals surface area contributed by atoms with Gasteiger partial charge in [0.1, 0.15) is 16.4 Å². The topological polar surface area (TPSA) is 64.5 Å². The van der Waals surface area contributed by atoms with Gasteiger partial charge in [0.15, 0.2) is 11.6 Å². The maximum Gasteiger partial charge on any atom is 0.167 e. The summed E-state index contributed by atoms with van der Waals surface area (Å²) in [5, 5.41) is 11.7. The van der Waals surface area contributed by atoms with Gasteiger partial charge in [-0.25, -0.2) is 9.37 Å². The fourth-order valence-corrected chi connectivity index (χ4v) is 5.00. The Morgan fingerprint density at radius 2 is 2.17 bits per heavy atom. The van der Waals surface area contributed by atoms with Gasteiger partial charge < -0.3 is 14.6 Å². The number of ether oxygens (including phenoxy) is 2. The molecule has 8 heteroatoms. The van der Waals surface area contributed by atoms with Gasteiger partial charge in [0.2, 0.25) is 0 Å². The monoisotopic (exact) mass is 430 g/mol. The van der Waals surface area contributed by atoms with Crippen LogP contribution in [0.3, 0.4) is 0 Å². The fourth-order valence-electron chi connectivity index (χ4n) is 3.68. The van der Waals surface area contributed by atoms with Gasteiger partial charge in [-0.15, -0.1) is 11.3 Å². The van der Waals surface area contributed by atoms with E-state index in [0.29, 0.717) is 27.7 Å². The first-order valence-corrected chi connectivity index (χ1v) is 10.2. The molecule has 29 heavy (non-hydrogen) atoms. The zero-order valence-corrected chi connectivity index (χ0v) is 17.2. The van der Waals surface area contributed by atoms with Gasteiger partial charge in [0, 0.05) is 34.0 Å². The van der Waals surface area contributed by atoms with Crippen LogP contribution >= 0.6 is 22.9 Å². The van der Waals surface area contributed by atoms with Crippen LogP contribution in [0, 0.1) is 5.82 Å². The van der Waals surface area contributed by atoms with E-state index in [2.05, 4.69) is 9.97 Å². The number of pyridine rings is 1. The lowest BCUT2D eigenvalue weighted by Gasteiger charge is -2.20. The Morgan fingerprint density at radius 1 is 1.34 bits per heavy atom. The lowest BCUT2D eigenvalue weighted by molar-refractivity contribution is 0.0421. The van der Waals surface area contributed by atoms with E-state index in [-0.39, 0.29) is 12.4 Å². The average molecular weight is 431 g/mol. The first kappa shape index (κ1) is 18.5. The van der Waals surface area contributed by atoms with Crippen LogP contribution in [0.4, 0.5) is 4.39 Å². The van der Waals surface area contributed by atoms with Gasteiger partial charge in [-0.3, -0.25) is 4.98 Å². The number of aliphatic hydroxyl groups excluding tert-OH is 1. The molecule has 5 rings (SSSR count). The molecule has 5 nitrogen and oxygen atoms in total. The summed E-state index contributed by atoms with van der Waals surface area (Å²) in [6.45, 7) is 1.57. The van der Waals surface area contributed by atoms with Crippen LogP contribution in [-0.4, -0.2) is 34.4 Å². The molecule has 0 fully saturated rings. The van der Waals surface area contributed by atoms with Gasteiger partial charge in [0.05, 0.1) is 35.6 Å². The predicted molar refractivity (Wildman–Crippen MR) is 112 cm³/mol. The third kappa shape index (κ3) is 2.92. The molecule has 4 aromatic rings. The van der Waals surface area contributed by atoms with E-state index in [1.165, 1.54) is 17.4 Å². The number of benzene rings is 2. The number of aromatic nitrogens is 2. The molecule has 0 bridgehead atoms. The SMILES string of the molecule is COc1cnc2c(-c3nc4cc(F)c5c(c4s3)CC(C)(CO)O5)cc(Cl)cc2c1. The minimum absolute atomic E-state index is 0.195. The molecule has 0 amide bonds. The third-order valence-electron chi connectivity index (χ3n) is 5.10. The van der Waals surface area contributed by atoms with Crippen LogP contribution in [-0.2, 0) is 6.42 Å². The van der Waals surface area contributed by atoms with Crippen molar-refractivity contribution in [1.82, 2.24) is 9.97 Å². The summed E-state index contributed by atoms with van der Waals surface area (Å²) in [6.07, 6.45) is 2.06. The summed E-state index contributed by atoms with van der Waals surface area (Å²) < 4.78 is 26.4. The van der Waals surface area contributed by atoms with Gasteiger partial charge >= 0.3 is 0 Å². The molecule has 0 spiro atoms. The van der Waals surface area contributed by atoms with Crippen LogP contribution in [0.1, 0.15) is 12.5 Å². The second-order valence-electron chi connectivity index (χ2n) is 7.32. The first-order valence-electron chi connectivity index (χ1n) is 8.96. The summed E-state index contributed by atoms with van der Waals surface area (Å²) in [7, 11) is 1.58. The van der Waals surface area contributed by atoms with Crippen molar-refractivity contribution in [3.63, 3.8) is 0 Å². The highest BCUT2D eigenvalue weighted by molar-refractivity contribution is 7.22. The number of hydrogen-bond donors (Lipinski definition) is 1. The molecule has 0 saturated carbocycles. The molecule has 3 heterocycles. The molecular weight excluding hydrogens is 415 g/mol. The molecule has 2 aromatic heterocycles. The van der Waals surface area contributed by atoms with E-state index < -0.39 is 11.4 Å². The van der Waals surface area contributed by atoms with Gasteiger partial charge in [-0.1, -0.05) is 11.6 Å². The average Bonchev–Trinajstić information content (AvgIpc) is 3.28. The van der Waals surface area contributed by atoms with Crippen LogP contribution in [0.5, 0.6) is 11.5 Å². The van der Waals surface area contributed by atoms with Crippen LogP contribution in [0.15, 0.2) is 30.5 Å². The summed E-state index contributed by atoms with van der Waals surface area (Å²) in [5.41, 5.74) is 1.97. The summed E-state index contributed by atoms with van der Waals surface area (Å²) in [5.74, 6) is 0.360. The van der Waals surface area contributed by atoms with Crippen molar-refractivity contribution >= 4 is 44.1 Å². The van der Waals surface area contributed by atoms with Crippen LogP contribution in [0.2, 0.25) is 5.02 Å². The Hall–Kier alpha value is -2.48. The highest BCUT2D eigenvalue weighted by Crippen LogP contribution is 2.45. The van der Waals surface area contributed by atoms with E-state index in [1.807, 2.05) is 18.2 Å². The molecule has 0 aliphatic carbocycles. The van der Waals surface area contributed by atoms with E-state index >= 15 is 0 Å². The number of methoxy groups -OCH3 is 1. The molecule has 1 N–H and O–H groups in total. The molecule has 0 radical (unpaired) electrons. The number of nitrogens with zero attached hydrogens (tertiary/aromatic N) is 2. The van der Waals surface area contributed by atoms with Crippen LogP contribution in [0.25, 0.3) is 31.7 Å². The second-order valence-corrected chi connectivity index (χ2v) is 8.76. The summed E-state index contributed by atoms with van der Waals surface area (Å²) in [6, 6.07) is 6.87. The van der Waals surface area contributed by atoms with Crippen molar-refractivity contribution in [2.75, 3.05) is 13.7 Å². The Labute approximate surface area is 174 Å². The number of fused-ring (bicyclic) bond motifs is 4. The maximum atomic E-state index is 14.6. The van der Waals surface area contributed by atoms with Crippen molar-refractivity contribution in [2.45, 2.75) is 18.9 Å². The minimum atomic E-state index is -0.831. The number of rotatable bonds is 3. The maximum absolute atomic E-state index is 14.6. The quantitative estimate of drug-likeness (QED) is 0.495. The Morgan fingerprint density at radius 3 is 2.93 bits per heavy atom. The molecule has 1 unspecified atom stereocenters. The highest BCUT2D eigenvalue weighted by atomic mass is 35.5. The third-order valence-corrected chi connectivity index (χ3v) is 6.49. The molecule has 1 atom stereocenters. The molecule has 0 saturated heterocycles. The van der Waals surface area contributed by atoms with Crippen molar-refractivity contribution < 1.29 is 19.0 Å². The molecule has 1 aliphatic heterocycles. The lowest BCUT2D eigenvalue weighted by Crippen LogP contribution is -2.34. The lowest BCUT2D eigenvalue weighted by atomic mass is 10.00. The first-order chi connectivity index (χ1) is 13.9. The van der Waals surface area contributed by atoms with Gasteiger partial charge in [0.25, 0.3) is 0 Å². The molecule has 148 valence electrons. The summed E-state index contributed by atoms with van der Waals surface area (Å²) >= 11 is 7.78. The number of halogens is 2. The van der Waals surface area contributed by atoms with Gasteiger partial charge in [-0.2, -0.15) is 0 Å². The normalized spacial score (nSPS) is 18.2. The second kappa shape index (κ2) is 6.52. The van der Waals surface area contributed by atoms with E-state index in [0.717, 1.165) is 26.7 Å². The van der Waals surface area contributed by atoms with E-state index in [4.69, 9.17) is 21.1 Å². The molecular formula is C21H16ClFN2O3S. The Bertz CT molecular complexity index is 1290. The minimum Gasteiger partial charge on any atom is -0.495 e. The highest BCUT2D eigenvalue weighted by Gasteiger charge is 2.38. The number of hydrogen-bond acceptors (Lipinski definition) is 6. The van der Waals surface area contributed by atoms with Crippen LogP contribution < -0.4 is 9.47 Å². The molecule has 2 aromatic carbocycles. The fraction of sp³-hybridized carbons (Fsp3) is 0.238.